The largest absolute Gasteiger partial charge is 0.347 e. The van der Waals surface area contributed by atoms with Gasteiger partial charge in [-0.2, -0.15) is 0 Å². The van der Waals surface area contributed by atoms with Crippen LogP contribution in [0.2, 0.25) is 10.0 Å². The highest BCUT2D eigenvalue weighted by atomic mass is 35.5. The minimum Gasteiger partial charge on any atom is -0.347 e. The van der Waals surface area contributed by atoms with Gasteiger partial charge in [-0.1, -0.05) is 44.0 Å². The van der Waals surface area contributed by atoms with Crippen molar-refractivity contribution >= 4 is 40.7 Å². The van der Waals surface area contributed by atoms with Gasteiger partial charge in [0.2, 0.25) is 11.8 Å². The number of hydrogen-bond donors (Lipinski definition) is 2. The Bertz CT molecular complexity index is 496. The summed E-state index contributed by atoms with van der Waals surface area (Å²) in [5, 5.41) is 5.96. The molecule has 0 saturated heterocycles. The predicted octanol–water partition coefficient (Wildman–Crippen LogP) is 3.09. The van der Waals surface area contributed by atoms with Crippen LogP contribution in [-0.4, -0.2) is 18.4 Å². The average molecular weight is 303 g/mol. The Morgan fingerprint density at radius 2 is 1.79 bits per heavy atom. The second-order valence-electron chi connectivity index (χ2n) is 5.11. The summed E-state index contributed by atoms with van der Waals surface area (Å²) >= 11 is 11.6. The van der Waals surface area contributed by atoms with E-state index in [0.717, 1.165) is 0 Å². The molecule has 1 rings (SSSR count). The van der Waals surface area contributed by atoms with E-state index in [1.807, 2.05) is 0 Å². The van der Waals surface area contributed by atoms with Gasteiger partial charge in [0.05, 0.1) is 16.6 Å². The highest BCUT2D eigenvalue weighted by molar-refractivity contribution is 6.42. The number of benzene rings is 1. The van der Waals surface area contributed by atoms with E-state index in [4.69, 9.17) is 23.2 Å². The second kappa shape index (κ2) is 6.26. The van der Waals surface area contributed by atoms with Crippen LogP contribution in [0.5, 0.6) is 0 Å². The third-order valence-corrected chi connectivity index (χ3v) is 3.03. The Kier molecular flexibility index (Phi) is 5.20. The number of halogens is 2. The molecule has 2 N–H and O–H groups in total. The zero-order valence-electron chi connectivity index (χ0n) is 11.0. The number of nitrogens with one attached hydrogen (secondary N) is 2. The van der Waals surface area contributed by atoms with Gasteiger partial charge in [-0.15, -0.1) is 0 Å². The van der Waals surface area contributed by atoms with Crippen LogP contribution in [0.4, 0.5) is 5.69 Å². The lowest BCUT2D eigenvalue weighted by Gasteiger charge is -2.17. The van der Waals surface area contributed by atoms with Crippen molar-refractivity contribution in [2.24, 2.45) is 5.41 Å². The van der Waals surface area contributed by atoms with Crippen LogP contribution < -0.4 is 10.6 Å². The number of carbonyl (C=O) groups excluding carboxylic acids is 2. The van der Waals surface area contributed by atoms with E-state index >= 15 is 0 Å². The molecule has 0 aromatic heterocycles. The zero-order valence-corrected chi connectivity index (χ0v) is 12.5. The molecule has 6 heteroatoms. The molecule has 0 atom stereocenters. The monoisotopic (exact) mass is 302 g/mol. The molecule has 1 aromatic rings. The number of hydrogen-bond acceptors (Lipinski definition) is 2. The van der Waals surface area contributed by atoms with Gasteiger partial charge in [0.1, 0.15) is 0 Å². The number of rotatable bonds is 3. The first-order valence-electron chi connectivity index (χ1n) is 5.73. The van der Waals surface area contributed by atoms with E-state index in [0.29, 0.717) is 15.7 Å². The summed E-state index contributed by atoms with van der Waals surface area (Å²) in [6, 6.07) is 4.78. The Balaban J connectivity index is 2.52. The minimum absolute atomic E-state index is 0.0870. The molecule has 0 aliphatic rings. The highest BCUT2D eigenvalue weighted by Gasteiger charge is 2.21. The van der Waals surface area contributed by atoms with Gasteiger partial charge in [-0.05, 0) is 18.2 Å². The molecule has 2 amide bonds. The molecular formula is C13H16Cl2N2O2. The first-order chi connectivity index (χ1) is 8.70. The Hall–Kier alpha value is -1.26. The number of anilines is 1. The fourth-order valence-electron chi connectivity index (χ4n) is 1.20. The molecule has 0 bridgehead atoms. The fraction of sp³-hybridized carbons (Fsp3) is 0.385. The summed E-state index contributed by atoms with van der Waals surface area (Å²) in [6.07, 6.45) is 0. The molecule has 0 unspecified atom stereocenters. The van der Waals surface area contributed by atoms with Gasteiger partial charge in [0.15, 0.2) is 0 Å². The molecule has 4 nitrogen and oxygen atoms in total. The molecular weight excluding hydrogens is 287 g/mol. The summed E-state index contributed by atoms with van der Waals surface area (Å²) < 4.78 is 0. The molecule has 1 aromatic carbocycles. The molecule has 19 heavy (non-hydrogen) atoms. The van der Waals surface area contributed by atoms with Gasteiger partial charge in [0, 0.05) is 11.1 Å². The SMILES string of the molecule is CC(C)(C)C(=O)NCC(=O)Nc1ccc(Cl)c(Cl)c1. The lowest BCUT2D eigenvalue weighted by atomic mass is 9.96. The van der Waals surface area contributed by atoms with E-state index in [1.54, 1.807) is 39.0 Å². The predicted molar refractivity (Wildman–Crippen MR) is 77.6 cm³/mol. The topological polar surface area (TPSA) is 58.2 Å². The van der Waals surface area contributed by atoms with Crippen LogP contribution in [0.1, 0.15) is 20.8 Å². The van der Waals surface area contributed by atoms with Crippen molar-refractivity contribution in [1.29, 1.82) is 0 Å². The van der Waals surface area contributed by atoms with E-state index in [1.165, 1.54) is 0 Å². The van der Waals surface area contributed by atoms with Crippen molar-refractivity contribution in [2.75, 3.05) is 11.9 Å². The average Bonchev–Trinajstić information content (AvgIpc) is 2.29. The minimum atomic E-state index is -0.524. The first kappa shape index (κ1) is 15.8. The summed E-state index contributed by atoms with van der Waals surface area (Å²) in [5.74, 6) is -0.507. The second-order valence-corrected chi connectivity index (χ2v) is 5.92. The van der Waals surface area contributed by atoms with Crippen molar-refractivity contribution in [3.63, 3.8) is 0 Å². The smallest absolute Gasteiger partial charge is 0.243 e. The molecule has 0 saturated carbocycles. The maximum atomic E-state index is 11.6. The molecule has 0 aliphatic heterocycles. The molecule has 104 valence electrons. The third kappa shape index (κ3) is 5.09. The Morgan fingerprint density at radius 3 is 2.32 bits per heavy atom. The fourth-order valence-corrected chi connectivity index (χ4v) is 1.50. The number of carbonyl (C=O) groups is 2. The van der Waals surface area contributed by atoms with Crippen molar-refractivity contribution in [2.45, 2.75) is 20.8 Å². The maximum Gasteiger partial charge on any atom is 0.243 e. The summed E-state index contributed by atoms with van der Waals surface area (Å²) in [4.78, 5) is 23.2. The van der Waals surface area contributed by atoms with Crippen LogP contribution in [0.25, 0.3) is 0 Å². The Labute approximate surface area is 122 Å². The molecule has 0 spiro atoms. The third-order valence-electron chi connectivity index (χ3n) is 2.29. The van der Waals surface area contributed by atoms with Crippen molar-refractivity contribution in [1.82, 2.24) is 5.32 Å². The van der Waals surface area contributed by atoms with Gasteiger partial charge in [0.25, 0.3) is 0 Å². The quantitative estimate of drug-likeness (QED) is 0.901. The van der Waals surface area contributed by atoms with Crippen molar-refractivity contribution in [3.05, 3.63) is 28.2 Å². The van der Waals surface area contributed by atoms with E-state index in [2.05, 4.69) is 10.6 Å². The van der Waals surface area contributed by atoms with Crippen LogP contribution in [-0.2, 0) is 9.59 Å². The van der Waals surface area contributed by atoms with Gasteiger partial charge in [-0.25, -0.2) is 0 Å². The Morgan fingerprint density at radius 1 is 1.16 bits per heavy atom. The van der Waals surface area contributed by atoms with Gasteiger partial charge >= 0.3 is 0 Å². The number of amides is 2. The summed E-state index contributed by atoms with van der Waals surface area (Å²) in [7, 11) is 0. The lowest BCUT2D eigenvalue weighted by Crippen LogP contribution is -2.39. The highest BCUT2D eigenvalue weighted by Crippen LogP contribution is 2.24. The van der Waals surface area contributed by atoms with Crippen LogP contribution in [0.15, 0.2) is 18.2 Å². The van der Waals surface area contributed by atoms with E-state index < -0.39 is 5.41 Å². The maximum absolute atomic E-state index is 11.6. The van der Waals surface area contributed by atoms with Gasteiger partial charge in [-0.3, -0.25) is 9.59 Å². The van der Waals surface area contributed by atoms with Crippen LogP contribution >= 0.6 is 23.2 Å². The van der Waals surface area contributed by atoms with Crippen LogP contribution in [0.3, 0.4) is 0 Å². The summed E-state index contributed by atoms with van der Waals surface area (Å²) in [6.45, 7) is 5.24. The molecule has 0 fully saturated rings. The molecule has 0 aliphatic carbocycles. The summed E-state index contributed by atoms with van der Waals surface area (Å²) in [5.41, 5.74) is 0.00791. The van der Waals surface area contributed by atoms with E-state index in [9.17, 15) is 9.59 Å². The standard InChI is InChI=1S/C13H16Cl2N2O2/c1-13(2,3)12(19)16-7-11(18)17-8-4-5-9(14)10(15)6-8/h4-6H,7H2,1-3H3,(H,16,19)(H,17,18). The lowest BCUT2D eigenvalue weighted by molar-refractivity contribution is -0.130. The first-order valence-corrected chi connectivity index (χ1v) is 6.49. The van der Waals surface area contributed by atoms with Crippen molar-refractivity contribution < 1.29 is 9.59 Å². The van der Waals surface area contributed by atoms with Crippen LogP contribution in [0, 0.1) is 5.41 Å². The zero-order chi connectivity index (χ0) is 14.6. The molecule has 0 heterocycles. The van der Waals surface area contributed by atoms with Gasteiger partial charge < -0.3 is 10.6 Å². The van der Waals surface area contributed by atoms with E-state index in [-0.39, 0.29) is 18.4 Å². The normalized spacial score (nSPS) is 11.0. The molecule has 0 radical (unpaired) electrons. The van der Waals surface area contributed by atoms with Crippen molar-refractivity contribution in [3.8, 4) is 0 Å².